The summed E-state index contributed by atoms with van der Waals surface area (Å²) in [5.74, 6) is 1.65. The van der Waals surface area contributed by atoms with Crippen LogP contribution in [0.15, 0.2) is 16.6 Å². The van der Waals surface area contributed by atoms with Crippen LogP contribution in [-0.4, -0.2) is 18.8 Å². The highest BCUT2D eigenvalue weighted by atomic mass is 79.9. The van der Waals surface area contributed by atoms with Gasteiger partial charge in [-0.3, -0.25) is 0 Å². The van der Waals surface area contributed by atoms with Gasteiger partial charge in [0.25, 0.3) is 0 Å². The summed E-state index contributed by atoms with van der Waals surface area (Å²) in [6.07, 6.45) is 8.20. The van der Waals surface area contributed by atoms with Gasteiger partial charge in [0, 0.05) is 17.1 Å². The van der Waals surface area contributed by atoms with Gasteiger partial charge < -0.3 is 14.8 Å². The van der Waals surface area contributed by atoms with Crippen molar-refractivity contribution in [2.24, 2.45) is 0 Å². The molecule has 130 valence electrons. The fraction of sp³-hybridized carbons (Fsp3) is 0.684. The molecule has 0 heterocycles. The number of ether oxygens (including phenoxy) is 2. The normalized spacial score (nSPS) is 16.4. The molecule has 1 aromatic rings. The zero-order valence-electron chi connectivity index (χ0n) is 14.7. The standard InChI is InChI=1S/C19H30BrNO2/c1-4-22-18-11-15(17(20)12-19(18)23-14(2)3)13-21-16-9-7-5-6-8-10-16/h11-12,14,16,21H,4-10,13H2,1-3H3. The highest BCUT2D eigenvalue weighted by Gasteiger charge is 2.15. The van der Waals surface area contributed by atoms with Crippen LogP contribution in [0.5, 0.6) is 11.5 Å². The van der Waals surface area contributed by atoms with E-state index in [9.17, 15) is 0 Å². The minimum atomic E-state index is 0.135. The summed E-state index contributed by atoms with van der Waals surface area (Å²) >= 11 is 3.69. The SMILES string of the molecule is CCOc1cc(CNC2CCCCCC2)c(Br)cc1OC(C)C. The second-order valence-electron chi connectivity index (χ2n) is 6.56. The third-order valence-corrected chi connectivity index (χ3v) is 4.95. The van der Waals surface area contributed by atoms with E-state index >= 15 is 0 Å². The molecule has 0 unspecified atom stereocenters. The van der Waals surface area contributed by atoms with Crippen molar-refractivity contribution in [1.82, 2.24) is 5.32 Å². The molecular formula is C19H30BrNO2. The first kappa shape index (κ1) is 18.6. The molecule has 0 aromatic heterocycles. The van der Waals surface area contributed by atoms with Crippen LogP contribution < -0.4 is 14.8 Å². The molecule has 0 radical (unpaired) electrons. The molecule has 1 saturated carbocycles. The van der Waals surface area contributed by atoms with Crippen LogP contribution in [0.4, 0.5) is 0 Å². The van der Waals surface area contributed by atoms with E-state index in [0.717, 1.165) is 22.5 Å². The first-order valence-electron chi connectivity index (χ1n) is 8.95. The maximum Gasteiger partial charge on any atom is 0.162 e. The summed E-state index contributed by atoms with van der Waals surface area (Å²) < 4.78 is 12.7. The van der Waals surface area contributed by atoms with Gasteiger partial charge in [-0.1, -0.05) is 41.6 Å². The van der Waals surface area contributed by atoms with Gasteiger partial charge in [0.2, 0.25) is 0 Å². The van der Waals surface area contributed by atoms with Crippen molar-refractivity contribution >= 4 is 15.9 Å². The van der Waals surface area contributed by atoms with E-state index in [4.69, 9.17) is 9.47 Å². The highest BCUT2D eigenvalue weighted by Crippen LogP contribution is 2.34. The molecule has 1 fully saturated rings. The molecule has 23 heavy (non-hydrogen) atoms. The number of halogens is 1. The summed E-state index contributed by atoms with van der Waals surface area (Å²) in [6.45, 7) is 7.58. The zero-order valence-corrected chi connectivity index (χ0v) is 16.2. The van der Waals surface area contributed by atoms with Crippen LogP contribution in [-0.2, 0) is 6.54 Å². The third kappa shape index (κ3) is 6.00. The van der Waals surface area contributed by atoms with Crippen molar-refractivity contribution in [2.45, 2.75) is 78.0 Å². The molecule has 0 saturated heterocycles. The van der Waals surface area contributed by atoms with Crippen molar-refractivity contribution in [3.8, 4) is 11.5 Å². The molecule has 0 bridgehead atoms. The molecule has 1 aromatic carbocycles. The summed E-state index contributed by atoms with van der Waals surface area (Å²) in [5.41, 5.74) is 1.23. The minimum Gasteiger partial charge on any atom is -0.490 e. The molecule has 1 aliphatic carbocycles. The van der Waals surface area contributed by atoms with Gasteiger partial charge in [0.05, 0.1) is 12.7 Å². The first-order chi connectivity index (χ1) is 11.1. The Balaban J connectivity index is 2.06. The average Bonchev–Trinajstić information content (AvgIpc) is 2.77. The first-order valence-corrected chi connectivity index (χ1v) is 9.74. The van der Waals surface area contributed by atoms with Crippen LogP contribution in [0, 0.1) is 0 Å². The molecule has 2 rings (SSSR count). The Bertz CT molecular complexity index is 483. The van der Waals surface area contributed by atoms with Gasteiger partial charge in [-0.25, -0.2) is 0 Å². The lowest BCUT2D eigenvalue weighted by Gasteiger charge is -2.19. The molecule has 0 spiro atoms. The van der Waals surface area contributed by atoms with E-state index < -0.39 is 0 Å². The molecule has 3 nitrogen and oxygen atoms in total. The van der Waals surface area contributed by atoms with Crippen LogP contribution in [0.3, 0.4) is 0 Å². The molecule has 0 aliphatic heterocycles. The maximum absolute atomic E-state index is 5.87. The molecule has 1 aliphatic rings. The topological polar surface area (TPSA) is 30.5 Å². The van der Waals surface area contributed by atoms with Crippen molar-refractivity contribution in [1.29, 1.82) is 0 Å². The lowest BCUT2D eigenvalue weighted by Crippen LogP contribution is -2.28. The van der Waals surface area contributed by atoms with Gasteiger partial charge in [-0.05, 0) is 51.3 Å². The zero-order chi connectivity index (χ0) is 16.7. The Morgan fingerprint density at radius 1 is 1.13 bits per heavy atom. The van der Waals surface area contributed by atoms with Gasteiger partial charge in [-0.2, -0.15) is 0 Å². The van der Waals surface area contributed by atoms with Gasteiger partial charge in [-0.15, -0.1) is 0 Å². The Morgan fingerprint density at radius 2 is 1.83 bits per heavy atom. The van der Waals surface area contributed by atoms with Crippen molar-refractivity contribution in [3.63, 3.8) is 0 Å². The predicted molar refractivity (Wildman–Crippen MR) is 99.4 cm³/mol. The summed E-state index contributed by atoms with van der Waals surface area (Å²) in [7, 11) is 0. The Morgan fingerprint density at radius 3 is 2.43 bits per heavy atom. The molecular weight excluding hydrogens is 354 g/mol. The second kappa shape index (κ2) is 9.53. The summed E-state index contributed by atoms with van der Waals surface area (Å²) in [4.78, 5) is 0. The van der Waals surface area contributed by atoms with Crippen LogP contribution >= 0.6 is 15.9 Å². The monoisotopic (exact) mass is 383 g/mol. The van der Waals surface area contributed by atoms with Crippen molar-refractivity contribution in [3.05, 3.63) is 22.2 Å². The molecule has 0 amide bonds. The van der Waals surface area contributed by atoms with E-state index in [1.165, 1.54) is 44.1 Å². The van der Waals surface area contributed by atoms with E-state index in [1.54, 1.807) is 0 Å². The quantitative estimate of drug-likeness (QED) is 0.635. The van der Waals surface area contributed by atoms with Crippen LogP contribution in [0.25, 0.3) is 0 Å². The van der Waals surface area contributed by atoms with Gasteiger partial charge in [0.1, 0.15) is 0 Å². The maximum atomic E-state index is 5.87. The van der Waals surface area contributed by atoms with E-state index in [2.05, 4.69) is 27.3 Å². The van der Waals surface area contributed by atoms with Crippen molar-refractivity contribution < 1.29 is 9.47 Å². The molecule has 1 N–H and O–H groups in total. The third-order valence-electron chi connectivity index (χ3n) is 4.21. The number of nitrogens with one attached hydrogen (secondary N) is 1. The Kier molecular flexibility index (Phi) is 7.71. The van der Waals surface area contributed by atoms with E-state index in [0.29, 0.717) is 12.6 Å². The lowest BCUT2D eigenvalue weighted by molar-refractivity contribution is 0.223. The number of hydrogen-bond acceptors (Lipinski definition) is 3. The van der Waals surface area contributed by atoms with Crippen LogP contribution in [0.1, 0.15) is 64.9 Å². The minimum absolute atomic E-state index is 0.135. The number of benzene rings is 1. The summed E-state index contributed by atoms with van der Waals surface area (Å²) in [5, 5.41) is 3.72. The fourth-order valence-electron chi connectivity index (χ4n) is 3.06. The van der Waals surface area contributed by atoms with Gasteiger partial charge in [0.15, 0.2) is 11.5 Å². The second-order valence-corrected chi connectivity index (χ2v) is 7.41. The number of rotatable bonds is 7. The smallest absolute Gasteiger partial charge is 0.162 e. The predicted octanol–water partition coefficient (Wildman–Crippen LogP) is 5.45. The Labute approximate surface area is 149 Å². The lowest BCUT2D eigenvalue weighted by atomic mass is 10.1. The fourth-order valence-corrected chi connectivity index (χ4v) is 3.53. The van der Waals surface area contributed by atoms with E-state index in [1.807, 2.05) is 26.8 Å². The largest absolute Gasteiger partial charge is 0.490 e. The van der Waals surface area contributed by atoms with Gasteiger partial charge >= 0.3 is 0 Å². The molecule has 4 heteroatoms. The van der Waals surface area contributed by atoms with E-state index in [-0.39, 0.29) is 6.10 Å². The average molecular weight is 384 g/mol. The van der Waals surface area contributed by atoms with Crippen LogP contribution in [0.2, 0.25) is 0 Å². The number of hydrogen-bond donors (Lipinski definition) is 1. The molecule has 0 atom stereocenters. The Hall–Kier alpha value is -0.740. The summed E-state index contributed by atoms with van der Waals surface area (Å²) in [6, 6.07) is 4.79. The highest BCUT2D eigenvalue weighted by molar-refractivity contribution is 9.10. The van der Waals surface area contributed by atoms with Crippen molar-refractivity contribution in [2.75, 3.05) is 6.61 Å².